The summed E-state index contributed by atoms with van der Waals surface area (Å²) in [5.74, 6) is 0.360. The monoisotopic (exact) mass is 243 g/mol. The summed E-state index contributed by atoms with van der Waals surface area (Å²) in [5, 5.41) is 9.59. The number of nitrogens with zero attached hydrogens (tertiary/aromatic N) is 1. The number of anilines is 1. The number of hydrogen-bond acceptors (Lipinski definition) is 4. The van der Waals surface area contributed by atoms with Gasteiger partial charge in [-0.2, -0.15) is 0 Å². The second-order valence-corrected chi connectivity index (χ2v) is 4.28. The molecule has 0 fully saturated rings. The fraction of sp³-hybridized carbons (Fsp3) is 0.231. The summed E-state index contributed by atoms with van der Waals surface area (Å²) in [6.45, 7) is 0.715. The molecule has 2 N–H and O–H groups in total. The first kappa shape index (κ1) is 11.0. The lowest BCUT2D eigenvalue weighted by molar-refractivity contribution is -0.118. The van der Waals surface area contributed by atoms with Gasteiger partial charge in [0.25, 0.3) is 0 Å². The smallest absolute Gasteiger partial charge is 0.243 e. The number of fused-ring (bicyclic) bond motifs is 1. The van der Waals surface area contributed by atoms with Crippen LogP contribution in [0.2, 0.25) is 0 Å². The maximum absolute atomic E-state index is 12.0. The summed E-state index contributed by atoms with van der Waals surface area (Å²) in [5.41, 5.74) is 2.47. The first-order chi connectivity index (χ1) is 8.83. The predicted molar refractivity (Wildman–Crippen MR) is 65.9 cm³/mol. The summed E-state index contributed by atoms with van der Waals surface area (Å²) in [6.07, 6.45) is 2.12. The summed E-state index contributed by atoms with van der Waals surface area (Å²) in [4.78, 5) is 12.0. The van der Waals surface area contributed by atoms with E-state index in [-0.39, 0.29) is 11.9 Å². The van der Waals surface area contributed by atoms with Crippen LogP contribution < -0.4 is 10.6 Å². The van der Waals surface area contributed by atoms with Gasteiger partial charge in [0.15, 0.2) is 5.82 Å². The highest BCUT2D eigenvalue weighted by Gasteiger charge is 2.24. The topological polar surface area (TPSA) is 67.2 Å². The highest BCUT2D eigenvalue weighted by Crippen LogP contribution is 2.17. The summed E-state index contributed by atoms with van der Waals surface area (Å²) >= 11 is 0. The Morgan fingerprint density at radius 3 is 2.94 bits per heavy atom. The molecule has 2 heterocycles. The molecule has 1 atom stereocenters. The van der Waals surface area contributed by atoms with Gasteiger partial charge in [0.05, 0.1) is 6.04 Å². The van der Waals surface area contributed by atoms with Gasteiger partial charge in [-0.25, -0.2) is 0 Å². The fourth-order valence-electron chi connectivity index (χ4n) is 2.13. The van der Waals surface area contributed by atoms with Gasteiger partial charge in [0.1, 0.15) is 6.26 Å². The molecular weight excluding hydrogens is 230 g/mol. The third-order valence-corrected chi connectivity index (χ3v) is 3.09. The Morgan fingerprint density at radius 1 is 1.33 bits per heavy atom. The van der Waals surface area contributed by atoms with Gasteiger partial charge in [0.2, 0.25) is 5.91 Å². The zero-order chi connectivity index (χ0) is 12.4. The maximum Gasteiger partial charge on any atom is 0.243 e. The highest BCUT2D eigenvalue weighted by molar-refractivity contribution is 5.94. The minimum atomic E-state index is -0.225. The van der Waals surface area contributed by atoms with Crippen molar-refractivity contribution in [1.29, 1.82) is 0 Å². The second kappa shape index (κ2) is 4.62. The molecule has 0 saturated carbocycles. The van der Waals surface area contributed by atoms with E-state index < -0.39 is 0 Å². The first-order valence-corrected chi connectivity index (χ1v) is 5.84. The predicted octanol–water partition coefficient (Wildman–Crippen LogP) is 1.33. The van der Waals surface area contributed by atoms with Gasteiger partial charge in [-0.1, -0.05) is 29.4 Å². The van der Waals surface area contributed by atoms with Crippen LogP contribution in [-0.2, 0) is 17.8 Å². The molecule has 1 aliphatic heterocycles. The zero-order valence-electron chi connectivity index (χ0n) is 9.72. The molecule has 92 valence electrons. The number of rotatable bonds is 2. The van der Waals surface area contributed by atoms with Gasteiger partial charge in [0, 0.05) is 12.6 Å². The molecule has 5 nitrogen and oxygen atoms in total. The minimum Gasteiger partial charge on any atom is -0.363 e. The fourth-order valence-corrected chi connectivity index (χ4v) is 2.13. The van der Waals surface area contributed by atoms with E-state index >= 15 is 0 Å². The Hall–Kier alpha value is -2.14. The maximum atomic E-state index is 12.0. The van der Waals surface area contributed by atoms with Crippen molar-refractivity contribution in [2.75, 3.05) is 5.32 Å². The molecule has 1 amide bonds. The average Bonchev–Trinajstić information content (AvgIpc) is 2.91. The van der Waals surface area contributed by atoms with Crippen molar-refractivity contribution in [3.05, 3.63) is 47.7 Å². The standard InChI is InChI=1S/C13H13N3O2/c17-13(15-12-5-6-18-16-12)11-7-9-3-1-2-4-10(9)8-14-11/h1-6,11,14H,7-8H2,(H,15,16,17)/t11-/m0/s1. The van der Waals surface area contributed by atoms with Gasteiger partial charge in [-0.15, -0.1) is 0 Å². The van der Waals surface area contributed by atoms with Crippen molar-refractivity contribution in [2.45, 2.75) is 19.0 Å². The number of amides is 1. The lowest BCUT2D eigenvalue weighted by Crippen LogP contribution is -2.44. The van der Waals surface area contributed by atoms with Crippen molar-refractivity contribution in [2.24, 2.45) is 0 Å². The lowest BCUT2D eigenvalue weighted by Gasteiger charge is -2.24. The van der Waals surface area contributed by atoms with Crippen molar-refractivity contribution >= 4 is 11.7 Å². The zero-order valence-corrected chi connectivity index (χ0v) is 9.72. The molecule has 0 spiro atoms. The molecule has 5 heteroatoms. The molecule has 0 radical (unpaired) electrons. The Kier molecular flexibility index (Phi) is 2.82. The Morgan fingerprint density at radius 2 is 2.17 bits per heavy atom. The van der Waals surface area contributed by atoms with Gasteiger partial charge in [-0.05, 0) is 17.5 Å². The molecule has 18 heavy (non-hydrogen) atoms. The van der Waals surface area contributed by atoms with E-state index in [2.05, 4.69) is 32.4 Å². The number of nitrogens with one attached hydrogen (secondary N) is 2. The summed E-state index contributed by atoms with van der Waals surface area (Å²) in [6, 6.07) is 9.54. The van der Waals surface area contributed by atoms with Crippen LogP contribution >= 0.6 is 0 Å². The van der Waals surface area contributed by atoms with Crippen molar-refractivity contribution in [1.82, 2.24) is 10.5 Å². The van der Waals surface area contributed by atoms with Crippen LogP contribution in [0.3, 0.4) is 0 Å². The molecule has 0 aliphatic carbocycles. The molecule has 0 saturated heterocycles. The Bertz CT molecular complexity index is 551. The second-order valence-electron chi connectivity index (χ2n) is 4.28. The van der Waals surface area contributed by atoms with Crippen LogP contribution in [0.4, 0.5) is 5.82 Å². The molecule has 3 rings (SSSR count). The number of carbonyl (C=O) groups excluding carboxylic acids is 1. The largest absolute Gasteiger partial charge is 0.363 e. The van der Waals surface area contributed by atoms with Crippen molar-refractivity contribution < 1.29 is 9.32 Å². The van der Waals surface area contributed by atoms with E-state index in [1.807, 2.05) is 12.1 Å². The molecule has 2 aromatic rings. The van der Waals surface area contributed by atoms with E-state index in [1.165, 1.54) is 17.4 Å². The van der Waals surface area contributed by atoms with Crippen LogP contribution in [0.15, 0.2) is 41.1 Å². The van der Waals surface area contributed by atoms with E-state index in [9.17, 15) is 4.79 Å². The third kappa shape index (κ3) is 2.12. The molecule has 0 bridgehead atoms. The van der Waals surface area contributed by atoms with Crippen molar-refractivity contribution in [3.63, 3.8) is 0 Å². The Balaban J connectivity index is 1.70. The van der Waals surface area contributed by atoms with Crippen LogP contribution in [0.1, 0.15) is 11.1 Å². The number of hydrogen-bond donors (Lipinski definition) is 2. The number of carbonyl (C=O) groups is 1. The van der Waals surface area contributed by atoms with Crippen LogP contribution in [-0.4, -0.2) is 17.1 Å². The van der Waals surface area contributed by atoms with Gasteiger partial charge < -0.3 is 15.2 Å². The van der Waals surface area contributed by atoms with Gasteiger partial charge >= 0.3 is 0 Å². The van der Waals surface area contributed by atoms with E-state index in [0.29, 0.717) is 18.8 Å². The van der Waals surface area contributed by atoms with Crippen LogP contribution in [0.5, 0.6) is 0 Å². The van der Waals surface area contributed by atoms with Crippen LogP contribution in [0, 0.1) is 0 Å². The Labute approximate surface area is 104 Å². The van der Waals surface area contributed by atoms with E-state index in [4.69, 9.17) is 0 Å². The quantitative estimate of drug-likeness (QED) is 0.835. The van der Waals surface area contributed by atoms with E-state index in [1.54, 1.807) is 6.07 Å². The minimum absolute atomic E-state index is 0.0848. The van der Waals surface area contributed by atoms with Crippen molar-refractivity contribution in [3.8, 4) is 0 Å². The third-order valence-electron chi connectivity index (χ3n) is 3.09. The lowest BCUT2D eigenvalue weighted by atomic mass is 9.95. The molecule has 1 aromatic heterocycles. The summed E-state index contributed by atoms with van der Waals surface area (Å²) < 4.78 is 4.67. The van der Waals surface area contributed by atoms with Gasteiger partial charge in [-0.3, -0.25) is 4.79 Å². The highest BCUT2D eigenvalue weighted by atomic mass is 16.5. The first-order valence-electron chi connectivity index (χ1n) is 5.84. The normalized spacial score (nSPS) is 18.1. The number of aromatic nitrogens is 1. The average molecular weight is 243 g/mol. The van der Waals surface area contributed by atoms with Crippen LogP contribution in [0.25, 0.3) is 0 Å². The molecule has 1 aliphatic rings. The summed E-state index contributed by atoms with van der Waals surface area (Å²) in [7, 11) is 0. The number of benzene rings is 1. The molecule has 1 aromatic carbocycles. The SMILES string of the molecule is O=C(Nc1ccon1)[C@@H]1Cc2ccccc2CN1. The molecule has 0 unspecified atom stereocenters. The van der Waals surface area contributed by atoms with E-state index in [0.717, 1.165) is 0 Å². The molecular formula is C13H13N3O2.